The lowest BCUT2D eigenvalue weighted by Gasteiger charge is -2.09. The van der Waals surface area contributed by atoms with Crippen molar-refractivity contribution in [1.29, 1.82) is 5.26 Å². The molecule has 0 saturated carbocycles. The third kappa shape index (κ3) is 3.86. The average molecular weight is 370 g/mol. The van der Waals surface area contributed by atoms with Crippen molar-refractivity contribution >= 4 is 17.7 Å². The number of anilines is 1. The van der Waals surface area contributed by atoms with Crippen LogP contribution in [0, 0.1) is 39.0 Å². The third-order valence-electron chi connectivity index (χ3n) is 4.80. The molecule has 1 amide bonds. The van der Waals surface area contributed by atoms with E-state index in [0.29, 0.717) is 5.69 Å². The highest BCUT2D eigenvalue weighted by Gasteiger charge is 2.14. The van der Waals surface area contributed by atoms with Crippen LogP contribution in [-0.2, 0) is 4.79 Å². The normalized spacial score (nSPS) is 11.2. The second-order valence-corrected chi connectivity index (χ2v) is 6.80. The molecule has 1 aromatic carbocycles. The first-order valence-electron chi connectivity index (χ1n) is 9.00. The molecule has 0 saturated heterocycles. The van der Waals surface area contributed by atoms with Gasteiger partial charge in [0.05, 0.1) is 11.9 Å². The fraction of sp³-hybridized carbons (Fsp3) is 0.174. The maximum atomic E-state index is 12.6. The minimum atomic E-state index is -0.420. The number of hydrogen-bond donors (Lipinski definition) is 1. The topological polar surface area (TPSA) is 70.7 Å². The summed E-state index contributed by atoms with van der Waals surface area (Å²) < 4.78 is 2.05. The molecule has 0 unspecified atom stereocenters. The minimum Gasteiger partial charge on any atom is -0.321 e. The SMILES string of the molecule is Cc1ccc(NC(=O)/C(C#N)=C/c2cc(C)n(-c3cccnc3)c2C)cc1C. The van der Waals surface area contributed by atoms with Crippen LogP contribution in [-0.4, -0.2) is 15.5 Å². The molecular weight excluding hydrogens is 348 g/mol. The number of aryl methyl sites for hydroxylation is 3. The zero-order valence-electron chi connectivity index (χ0n) is 16.4. The van der Waals surface area contributed by atoms with Crippen molar-refractivity contribution < 1.29 is 4.79 Å². The summed E-state index contributed by atoms with van der Waals surface area (Å²) in [6.07, 6.45) is 5.14. The van der Waals surface area contributed by atoms with E-state index in [1.165, 1.54) is 0 Å². The van der Waals surface area contributed by atoms with Crippen molar-refractivity contribution in [2.24, 2.45) is 0 Å². The molecule has 28 heavy (non-hydrogen) atoms. The second-order valence-electron chi connectivity index (χ2n) is 6.80. The third-order valence-corrected chi connectivity index (χ3v) is 4.80. The van der Waals surface area contributed by atoms with Crippen LogP contribution >= 0.6 is 0 Å². The molecule has 1 N–H and O–H groups in total. The summed E-state index contributed by atoms with van der Waals surface area (Å²) in [7, 11) is 0. The standard InChI is InChI=1S/C23H22N4O/c1-15-7-8-21(10-16(15)2)26-23(28)20(13-24)12-19-11-17(3)27(18(19)4)22-6-5-9-25-14-22/h5-12,14H,1-4H3,(H,26,28)/b20-12+. The fourth-order valence-electron chi connectivity index (χ4n) is 3.14. The van der Waals surface area contributed by atoms with E-state index in [1.54, 1.807) is 18.5 Å². The van der Waals surface area contributed by atoms with Crippen molar-refractivity contribution in [3.8, 4) is 11.8 Å². The minimum absolute atomic E-state index is 0.0599. The van der Waals surface area contributed by atoms with E-state index < -0.39 is 5.91 Å². The summed E-state index contributed by atoms with van der Waals surface area (Å²) in [5.41, 5.74) is 6.68. The van der Waals surface area contributed by atoms with Crippen LogP contribution in [0.15, 0.2) is 54.4 Å². The molecule has 2 aromatic heterocycles. The largest absolute Gasteiger partial charge is 0.321 e. The van der Waals surface area contributed by atoms with Gasteiger partial charge in [-0.25, -0.2) is 0 Å². The van der Waals surface area contributed by atoms with Crippen LogP contribution in [0.4, 0.5) is 5.69 Å². The molecular formula is C23H22N4O. The maximum absolute atomic E-state index is 12.6. The van der Waals surface area contributed by atoms with Crippen LogP contribution in [0.5, 0.6) is 0 Å². The van der Waals surface area contributed by atoms with Crippen molar-refractivity contribution in [2.45, 2.75) is 27.7 Å². The number of nitrogens with one attached hydrogen (secondary N) is 1. The summed E-state index contributed by atoms with van der Waals surface area (Å²) >= 11 is 0. The van der Waals surface area contributed by atoms with Gasteiger partial charge >= 0.3 is 0 Å². The van der Waals surface area contributed by atoms with Crippen LogP contribution in [0.25, 0.3) is 11.8 Å². The molecule has 3 rings (SSSR count). The molecule has 5 heteroatoms. The quantitative estimate of drug-likeness (QED) is 0.537. The number of amides is 1. The van der Waals surface area contributed by atoms with E-state index in [9.17, 15) is 10.1 Å². The van der Waals surface area contributed by atoms with Crippen LogP contribution in [0.1, 0.15) is 28.1 Å². The van der Waals surface area contributed by atoms with E-state index in [2.05, 4.69) is 14.9 Å². The number of carbonyl (C=O) groups is 1. The molecule has 0 radical (unpaired) electrons. The molecule has 0 atom stereocenters. The van der Waals surface area contributed by atoms with Crippen LogP contribution in [0.3, 0.4) is 0 Å². The van der Waals surface area contributed by atoms with Gasteiger partial charge < -0.3 is 9.88 Å². The smallest absolute Gasteiger partial charge is 0.266 e. The van der Waals surface area contributed by atoms with E-state index in [1.807, 2.05) is 70.2 Å². The van der Waals surface area contributed by atoms with Gasteiger partial charge in [0.15, 0.2) is 0 Å². The van der Waals surface area contributed by atoms with Gasteiger partial charge in [0, 0.05) is 23.3 Å². The van der Waals surface area contributed by atoms with E-state index in [-0.39, 0.29) is 5.57 Å². The van der Waals surface area contributed by atoms with E-state index in [4.69, 9.17) is 0 Å². The Morgan fingerprint density at radius 2 is 1.93 bits per heavy atom. The Labute approximate surface area is 165 Å². The molecule has 0 fully saturated rings. The molecule has 0 aliphatic heterocycles. The number of rotatable bonds is 4. The van der Waals surface area contributed by atoms with E-state index in [0.717, 1.165) is 33.8 Å². The number of nitrogens with zero attached hydrogens (tertiary/aromatic N) is 3. The second kappa shape index (κ2) is 7.93. The van der Waals surface area contributed by atoms with E-state index >= 15 is 0 Å². The molecule has 0 spiro atoms. The molecule has 5 nitrogen and oxygen atoms in total. The van der Waals surface area contributed by atoms with Gasteiger partial charge in [0.2, 0.25) is 0 Å². The lowest BCUT2D eigenvalue weighted by Crippen LogP contribution is -2.13. The lowest BCUT2D eigenvalue weighted by molar-refractivity contribution is -0.112. The summed E-state index contributed by atoms with van der Waals surface area (Å²) in [4.78, 5) is 16.8. The van der Waals surface area contributed by atoms with Gasteiger partial charge in [-0.05, 0) is 80.8 Å². The Balaban J connectivity index is 1.91. The molecule has 3 aromatic rings. The van der Waals surface area contributed by atoms with Gasteiger partial charge in [-0.3, -0.25) is 9.78 Å². The number of pyridine rings is 1. The van der Waals surface area contributed by atoms with Gasteiger partial charge in [-0.1, -0.05) is 6.07 Å². The summed E-state index contributed by atoms with van der Waals surface area (Å²) in [5.74, 6) is -0.420. The molecule has 0 aliphatic rings. The summed E-state index contributed by atoms with van der Waals surface area (Å²) in [6.45, 7) is 7.94. The first-order chi connectivity index (χ1) is 13.4. The Bertz CT molecular complexity index is 1100. The Morgan fingerprint density at radius 3 is 2.57 bits per heavy atom. The number of nitriles is 1. The van der Waals surface area contributed by atoms with Gasteiger partial charge in [0.25, 0.3) is 5.91 Å². The lowest BCUT2D eigenvalue weighted by atomic mass is 10.1. The number of benzene rings is 1. The fourth-order valence-corrected chi connectivity index (χ4v) is 3.14. The summed E-state index contributed by atoms with van der Waals surface area (Å²) in [6, 6.07) is 13.5. The highest BCUT2D eigenvalue weighted by Crippen LogP contribution is 2.23. The average Bonchev–Trinajstić information content (AvgIpc) is 2.96. The number of aromatic nitrogens is 2. The van der Waals surface area contributed by atoms with Crippen molar-refractivity contribution in [2.75, 3.05) is 5.32 Å². The molecule has 0 bridgehead atoms. The van der Waals surface area contributed by atoms with Crippen molar-refractivity contribution in [1.82, 2.24) is 9.55 Å². The predicted molar refractivity (Wildman–Crippen MR) is 111 cm³/mol. The highest BCUT2D eigenvalue weighted by atomic mass is 16.1. The first kappa shape index (κ1) is 19.1. The van der Waals surface area contributed by atoms with Crippen LogP contribution < -0.4 is 5.32 Å². The first-order valence-corrected chi connectivity index (χ1v) is 9.00. The number of carbonyl (C=O) groups excluding carboxylic acids is 1. The molecule has 2 heterocycles. The monoisotopic (exact) mass is 370 g/mol. The van der Waals surface area contributed by atoms with Gasteiger partial charge in [-0.2, -0.15) is 5.26 Å². The van der Waals surface area contributed by atoms with Gasteiger partial charge in [0.1, 0.15) is 11.6 Å². The Morgan fingerprint density at radius 1 is 1.14 bits per heavy atom. The predicted octanol–water partition coefficient (Wildman–Crippen LogP) is 4.65. The zero-order valence-corrected chi connectivity index (χ0v) is 16.4. The molecule has 140 valence electrons. The van der Waals surface area contributed by atoms with Crippen molar-refractivity contribution in [3.63, 3.8) is 0 Å². The number of hydrogen-bond acceptors (Lipinski definition) is 3. The molecule has 0 aliphatic carbocycles. The maximum Gasteiger partial charge on any atom is 0.266 e. The summed E-state index contributed by atoms with van der Waals surface area (Å²) in [5, 5.41) is 12.3. The Kier molecular flexibility index (Phi) is 5.42. The Hall–Kier alpha value is -3.65. The van der Waals surface area contributed by atoms with Gasteiger partial charge in [-0.15, -0.1) is 0 Å². The van der Waals surface area contributed by atoms with Crippen LogP contribution in [0.2, 0.25) is 0 Å². The van der Waals surface area contributed by atoms with Crippen molar-refractivity contribution in [3.05, 3.63) is 82.4 Å². The highest BCUT2D eigenvalue weighted by molar-refractivity contribution is 6.09. The zero-order chi connectivity index (χ0) is 20.3.